The highest BCUT2D eigenvalue weighted by Gasteiger charge is 2.38. The van der Waals surface area contributed by atoms with Crippen molar-refractivity contribution in [3.05, 3.63) is 17.0 Å². The molecule has 3 heterocycles. The number of carbonyl (C=O) groups is 1. The van der Waals surface area contributed by atoms with Gasteiger partial charge in [0.15, 0.2) is 0 Å². The summed E-state index contributed by atoms with van der Waals surface area (Å²) in [7, 11) is 0. The summed E-state index contributed by atoms with van der Waals surface area (Å²) in [5.41, 5.74) is 0.590. The Balaban J connectivity index is 1.64. The lowest BCUT2D eigenvalue weighted by Crippen LogP contribution is -2.52. The summed E-state index contributed by atoms with van der Waals surface area (Å²) in [6.07, 6.45) is 0.821. The van der Waals surface area contributed by atoms with Crippen LogP contribution in [0.1, 0.15) is 12.0 Å². The number of aliphatic hydroxyl groups excluding tert-OH is 1. The lowest BCUT2D eigenvalue weighted by Gasteiger charge is -2.36. The van der Waals surface area contributed by atoms with Crippen LogP contribution < -0.4 is 4.90 Å². The van der Waals surface area contributed by atoms with E-state index in [4.69, 9.17) is 10.4 Å². The fourth-order valence-electron chi connectivity index (χ4n) is 3.24. The predicted octanol–water partition coefficient (Wildman–Crippen LogP) is 0.335. The second-order valence-corrected chi connectivity index (χ2v) is 6.54. The third-order valence-electron chi connectivity index (χ3n) is 4.45. The van der Waals surface area contributed by atoms with E-state index < -0.39 is 0 Å². The van der Waals surface area contributed by atoms with Crippen molar-refractivity contribution in [2.24, 2.45) is 0 Å². The number of anilines is 1. The first-order chi connectivity index (χ1) is 10.7. The zero-order chi connectivity index (χ0) is 15.5. The molecule has 1 aromatic heterocycles. The molecule has 1 amide bonds. The van der Waals surface area contributed by atoms with E-state index in [1.54, 1.807) is 11.0 Å². The zero-order valence-electron chi connectivity index (χ0n) is 12.4. The van der Waals surface area contributed by atoms with Crippen LogP contribution in [0.5, 0.6) is 0 Å². The molecule has 3 rings (SSSR count). The SMILES string of the molecule is N#Cc1ccsc1N1CCC(N2CCN(CCO)CC2)C1=O. The van der Waals surface area contributed by atoms with Gasteiger partial charge in [-0.2, -0.15) is 5.26 Å². The highest BCUT2D eigenvalue weighted by molar-refractivity contribution is 7.14. The van der Waals surface area contributed by atoms with Gasteiger partial charge in [-0.25, -0.2) is 0 Å². The number of hydrogen-bond acceptors (Lipinski definition) is 6. The maximum absolute atomic E-state index is 12.7. The van der Waals surface area contributed by atoms with E-state index in [1.165, 1.54) is 11.3 Å². The van der Waals surface area contributed by atoms with Crippen molar-refractivity contribution in [1.29, 1.82) is 5.26 Å². The van der Waals surface area contributed by atoms with Crippen LogP contribution in [0, 0.1) is 11.3 Å². The Hall–Kier alpha value is -1.46. The molecule has 6 nitrogen and oxygen atoms in total. The average Bonchev–Trinajstić information content (AvgIpc) is 3.14. The van der Waals surface area contributed by atoms with Gasteiger partial charge in [0.2, 0.25) is 5.91 Å². The van der Waals surface area contributed by atoms with Crippen LogP contribution in [0.15, 0.2) is 11.4 Å². The Kier molecular flexibility index (Phi) is 4.74. The van der Waals surface area contributed by atoms with E-state index in [0.717, 1.165) is 37.6 Å². The van der Waals surface area contributed by atoms with Crippen molar-refractivity contribution in [1.82, 2.24) is 9.80 Å². The van der Waals surface area contributed by atoms with Gasteiger partial charge >= 0.3 is 0 Å². The Labute approximate surface area is 134 Å². The highest BCUT2D eigenvalue weighted by Crippen LogP contribution is 2.32. The van der Waals surface area contributed by atoms with Crippen LogP contribution in [0.3, 0.4) is 0 Å². The van der Waals surface area contributed by atoms with Crippen LogP contribution >= 0.6 is 11.3 Å². The molecular weight excluding hydrogens is 300 g/mol. The van der Waals surface area contributed by atoms with Crippen molar-refractivity contribution in [2.75, 3.05) is 50.8 Å². The fourth-order valence-corrected chi connectivity index (χ4v) is 4.12. The third kappa shape index (κ3) is 2.88. The summed E-state index contributed by atoms with van der Waals surface area (Å²) in [5.74, 6) is 0.120. The molecule has 0 spiro atoms. The molecule has 0 bridgehead atoms. The third-order valence-corrected chi connectivity index (χ3v) is 5.39. The Morgan fingerprint density at radius 3 is 2.77 bits per heavy atom. The molecule has 1 aromatic rings. The zero-order valence-corrected chi connectivity index (χ0v) is 13.3. The van der Waals surface area contributed by atoms with Gasteiger partial charge in [-0.3, -0.25) is 14.6 Å². The van der Waals surface area contributed by atoms with Crippen molar-refractivity contribution < 1.29 is 9.90 Å². The Morgan fingerprint density at radius 1 is 1.32 bits per heavy atom. The van der Waals surface area contributed by atoms with Gasteiger partial charge in [-0.05, 0) is 17.9 Å². The summed E-state index contributed by atoms with van der Waals surface area (Å²) >= 11 is 1.46. The highest BCUT2D eigenvalue weighted by atomic mass is 32.1. The number of aliphatic hydroxyl groups is 1. The molecule has 1 N–H and O–H groups in total. The number of piperazine rings is 1. The molecule has 2 aliphatic heterocycles. The number of nitrogens with zero attached hydrogens (tertiary/aromatic N) is 4. The lowest BCUT2D eigenvalue weighted by atomic mass is 10.2. The summed E-state index contributed by atoms with van der Waals surface area (Å²) in [5, 5.41) is 20.8. The van der Waals surface area contributed by atoms with E-state index in [0.29, 0.717) is 18.7 Å². The van der Waals surface area contributed by atoms with Crippen LogP contribution in [-0.2, 0) is 4.79 Å². The molecule has 1 unspecified atom stereocenters. The maximum atomic E-state index is 12.7. The van der Waals surface area contributed by atoms with Crippen molar-refractivity contribution in [3.8, 4) is 6.07 Å². The summed E-state index contributed by atoms with van der Waals surface area (Å²) in [4.78, 5) is 18.9. The van der Waals surface area contributed by atoms with Gasteiger partial charge in [0.25, 0.3) is 0 Å². The molecule has 7 heteroatoms. The standard InChI is InChI=1S/C15H20N4O2S/c16-11-12-2-10-22-15(12)19-3-1-13(14(19)21)18-6-4-17(5-7-18)8-9-20/h2,10,13,20H,1,3-9H2. The van der Waals surface area contributed by atoms with Gasteiger partial charge < -0.3 is 10.0 Å². The van der Waals surface area contributed by atoms with E-state index in [9.17, 15) is 4.79 Å². The molecule has 2 fully saturated rings. The second kappa shape index (κ2) is 6.75. The molecule has 118 valence electrons. The topological polar surface area (TPSA) is 70.8 Å². The normalized spacial score (nSPS) is 23.9. The van der Waals surface area contributed by atoms with Gasteiger partial charge in [0, 0.05) is 39.3 Å². The van der Waals surface area contributed by atoms with Crippen molar-refractivity contribution in [3.63, 3.8) is 0 Å². The second-order valence-electron chi connectivity index (χ2n) is 5.65. The monoisotopic (exact) mass is 320 g/mol. The largest absolute Gasteiger partial charge is 0.395 e. The summed E-state index contributed by atoms with van der Waals surface area (Å²) < 4.78 is 0. The maximum Gasteiger partial charge on any atom is 0.245 e. The van der Waals surface area contributed by atoms with Gasteiger partial charge in [-0.1, -0.05) is 0 Å². The first kappa shape index (κ1) is 15.4. The first-order valence-electron chi connectivity index (χ1n) is 7.61. The average molecular weight is 320 g/mol. The van der Waals surface area contributed by atoms with Gasteiger partial charge in [0.1, 0.15) is 11.1 Å². The van der Waals surface area contributed by atoms with E-state index in [2.05, 4.69) is 15.9 Å². The quantitative estimate of drug-likeness (QED) is 0.866. The van der Waals surface area contributed by atoms with E-state index in [-0.39, 0.29) is 18.6 Å². The predicted molar refractivity (Wildman–Crippen MR) is 84.9 cm³/mol. The summed E-state index contributed by atoms with van der Waals surface area (Å²) in [6.45, 7) is 5.10. The van der Waals surface area contributed by atoms with Crippen LogP contribution in [-0.4, -0.2) is 72.7 Å². The van der Waals surface area contributed by atoms with Crippen molar-refractivity contribution in [2.45, 2.75) is 12.5 Å². The lowest BCUT2D eigenvalue weighted by molar-refractivity contribution is -0.122. The van der Waals surface area contributed by atoms with E-state index in [1.807, 2.05) is 5.38 Å². The number of hydrogen-bond donors (Lipinski definition) is 1. The van der Waals surface area contributed by atoms with Crippen molar-refractivity contribution >= 4 is 22.2 Å². The molecule has 0 radical (unpaired) electrons. The number of β-amino-alcohol motifs (C(OH)–C–C–N with tert-alkyl or cyclic N) is 1. The summed E-state index contributed by atoms with van der Waals surface area (Å²) in [6, 6.07) is 3.87. The van der Waals surface area contributed by atoms with Crippen LogP contribution in [0.2, 0.25) is 0 Å². The Bertz CT molecular complexity index is 574. The molecular formula is C15H20N4O2S. The van der Waals surface area contributed by atoms with Gasteiger partial charge in [-0.15, -0.1) is 11.3 Å². The van der Waals surface area contributed by atoms with Crippen LogP contribution in [0.25, 0.3) is 0 Å². The molecule has 0 aromatic carbocycles. The molecule has 22 heavy (non-hydrogen) atoms. The molecule has 2 aliphatic rings. The fraction of sp³-hybridized carbons (Fsp3) is 0.600. The number of nitriles is 1. The number of amides is 1. The smallest absolute Gasteiger partial charge is 0.245 e. The molecule has 0 saturated carbocycles. The minimum Gasteiger partial charge on any atom is -0.395 e. The molecule has 2 saturated heterocycles. The molecule has 0 aliphatic carbocycles. The minimum atomic E-state index is -0.0649. The number of rotatable bonds is 4. The minimum absolute atomic E-state index is 0.0649. The number of thiophene rings is 1. The molecule has 1 atom stereocenters. The van der Waals surface area contributed by atoms with Gasteiger partial charge in [0.05, 0.1) is 18.2 Å². The Morgan fingerprint density at radius 2 is 2.09 bits per heavy atom. The first-order valence-corrected chi connectivity index (χ1v) is 8.49. The van der Waals surface area contributed by atoms with Crippen LogP contribution in [0.4, 0.5) is 5.00 Å². The van der Waals surface area contributed by atoms with E-state index >= 15 is 0 Å². The number of carbonyl (C=O) groups excluding carboxylic acids is 1.